The SMILES string of the molecule is COc1ccc(-c2nc(-c3cccc(C=O)c3)n(C3CCCC3)n2)cc1. The normalized spacial score (nSPS) is 14.5. The summed E-state index contributed by atoms with van der Waals surface area (Å²) in [6.45, 7) is 0. The van der Waals surface area contributed by atoms with E-state index in [2.05, 4.69) is 4.68 Å². The van der Waals surface area contributed by atoms with E-state index in [1.165, 1.54) is 12.8 Å². The second-order valence-corrected chi connectivity index (χ2v) is 6.61. The van der Waals surface area contributed by atoms with Crippen molar-refractivity contribution in [2.75, 3.05) is 7.11 Å². The molecule has 26 heavy (non-hydrogen) atoms. The second-order valence-electron chi connectivity index (χ2n) is 6.61. The van der Waals surface area contributed by atoms with E-state index in [0.717, 1.165) is 41.8 Å². The summed E-state index contributed by atoms with van der Waals surface area (Å²) < 4.78 is 7.28. The van der Waals surface area contributed by atoms with E-state index in [1.807, 2.05) is 42.5 Å². The van der Waals surface area contributed by atoms with Crippen LogP contribution in [-0.4, -0.2) is 28.2 Å². The van der Waals surface area contributed by atoms with Gasteiger partial charge in [0.2, 0.25) is 0 Å². The highest BCUT2D eigenvalue weighted by molar-refractivity contribution is 5.78. The quantitative estimate of drug-likeness (QED) is 0.636. The van der Waals surface area contributed by atoms with Gasteiger partial charge < -0.3 is 4.74 Å². The molecule has 3 aromatic rings. The average Bonchev–Trinajstić information content (AvgIpc) is 3.38. The Morgan fingerprint density at radius 2 is 1.85 bits per heavy atom. The Hall–Kier alpha value is -2.95. The Morgan fingerprint density at radius 1 is 1.08 bits per heavy atom. The van der Waals surface area contributed by atoms with E-state index in [1.54, 1.807) is 13.2 Å². The minimum absolute atomic E-state index is 0.365. The smallest absolute Gasteiger partial charge is 0.181 e. The van der Waals surface area contributed by atoms with Gasteiger partial charge in [0.25, 0.3) is 0 Å². The fraction of sp³-hybridized carbons (Fsp3) is 0.286. The number of hydrogen-bond acceptors (Lipinski definition) is 4. The molecule has 4 rings (SSSR count). The molecule has 0 radical (unpaired) electrons. The molecule has 1 fully saturated rings. The Labute approximate surface area is 152 Å². The van der Waals surface area contributed by atoms with Crippen molar-refractivity contribution >= 4 is 6.29 Å². The van der Waals surface area contributed by atoms with Crippen LogP contribution in [0.2, 0.25) is 0 Å². The highest BCUT2D eigenvalue weighted by Gasteiger charge is 2.23. The van der Waals surface area contributed by atoms with Gasteiger partial charge in [0.05, 0.1) is 13.2 Å². The molecule has 0 amide bonds. The van der Waals surface area contributed by atoms with Crippen molar-refractivity contribution in [1.82, 2.24) is 14.8 Å². The zero-order valence-electron chi connectivity index (χ0n) is 14.8. The first kappa shape index (κ1) is 16.5. The van der Waals surface area contributed by atoms with Gasteiger partial charge in [-0.3, -0.25) is 4.79 Å². The molecule has 132 valence electrons. The van der Waals surface area contributed by atoms with Crippen LogP contribution in [0.15, 0.2) is 48.5 Å². The number of carbonyl (C=O) groups excluding carboxylic acids is 1. The molecular formula is C21H21N3O2. The highest BCUT2D eigenvalue weighted by atomic mass is 16.5. The Bertz CT molecular complexity index is 909. The van der Waals surface area contributed by atoms with Crippen LogP contribution in [0.3, 0.4) is 0 Å². The first-order valence-corrected chi connectivity index (χ1v) is 8.95. The van der Waals surface area contributed by atoms with E-state index >= 15 is 0 Å². The van der Waals surface area contributed by atoms with Crippen molar-refractivity contribution < 1.29 is 9.53 Å². The molecule has 5 heteroatoms. The lowest BCUT2D eigenvalue weighted by atomic mass is 10.1. The van der Waals surface area contributed by atoms with Crippen molar-refractivity contribution in [3.05, 3.63) is 54.1 Å². The zero-order valence-corrected chi connectivity index (χ0v) is 14.8. The number of hydrogen-bond donors (Lipinski definition) is 0. The summed E-state index contributed by atoms with van der Waals surface area (Å²) in [5, 5.41) is 4.83. The summed E-state index contributed by atoms with van der Waals surface area (Å²) in [5.74, 6) is 2.33. The van der Waals surface area contributed by atoms with E-state index in [9.17, 15) is 4.79 Å². The summed E-state index contributed by atoms with van der Waals surface area (Å²) in [4.78, 5) is 16.0. The number of aldehydes is 1. The van der Waals surface area contributed by atoms with Gasteiger partial charge in [-0.15, -0.1) is 0 Å². The molecule has 0 unspecified atom stereocenters. The number of carbonyl (C=O) groups is 1. The maximum Gasteiger partial charge on any atom is 0.181 e. The van der Waals surface area contributed by atoms with Crippen LogP contribution >= 0.6 is 0 Å². The van der Waals surface area contributed by atoms with Crippen molar-refractivity contribution in [2.24, 2.45) is 0 Å². The number of rotatable bonds is 5. The Morgan fingerprint density at radius 3 is 2.54 bits per heavy atom. The van der Waals surface area contributed by atoms with Crippen LogP contribution < -0.4 is 4.74 Å². The van der Waals surface area contributed by atoms with Gasteiger partial charge in [0.15, 0.2) is 11.6 Å². The maximum absolute atomic E-state index is 11.2. The van der Waals surface area contributed by atoms with Gasteiger partial charge in [0.1, 0.15) is 12.0 Å². The number of aromatic nitrogens is 3. The van der Waals surface area contributed by atoms with Gasteiger partial charge in [-0.1, -0.05) is 31.0 Å². The highest BCUT2D eigenvalue weighted by Crippen LogP contribution is 2.34. The summed E-state index contributed by atoms with van der Waals surface area (Å²) in [5.41, 5.74) is 2.53. The number of nitrogens with zero attached hydrogens (tertiary/aromatic N) is 3. The fourth-order valence-electron chi connectivity index (χ4n) is 3.54. The number of ether oxygens (including phenoxy) is 1. The summed E-state index contributed by atoms with van der Waals surface area (Å²) in [7, 11) is 1.65. The second kappa shape index (κ2) is 7.12. The van der Waals surface area contributed by atoms with Gasteiger partial charge in [-0.25, -0.2) is 9.67 Å². The largest absolute Gasteiger partial charge is 0.497 e. The van der Waals surface area contributed by atoms with Crippen molar-refractivity contribution in [1.29, 1.82) is 0 Å². The topological polar surface area (TPSA) is 57.0 Å². The first-order chi connectivity index (χ1) is 12.8. The molecule has 0 bridgehead atoms. The molecule has 0 saturated heterocycles. The lowest BCUT2D eigenvalue weighted by molar-refractivity contribution is 0.112. The van der Waals surface area contributed by atoms with Gasteiger partial charge in [-0.05, 0) is 43.2 Å². The summed E-state index contributed by atoms with van der Waals surface area (Å²) in [6, 6.07) is 15.7. The summed E-state index contributed by atoms with van der Waals surface area (Å²) >= 11 is 0. The first-order valence-electron chi connectivity index (χ1n) is 8.95. The monoisotopic (exact) mass is 347 g/mol. The van der Waals surface area contributed by atoms with Crippen molar-refractivity contribution in [3.63, 3.8) is 0 Å². The Kier molecular flexibility index (Phi) is 4.52. The van der Waals surface area contributed by atoms with Crippen molar-refractivity contribution in [2.45, 2.75) is 31.7 Å². The van der Waals surface area contributed by atoms with Crippen LogP contribution in [0.5, 0.6) is 5.75 Å². The van der Waals surface area contributed by atoms with Crippen LogP contribution in [0.25, 0.3) is 22.8 Å². The average molecular weight is 347 g/mol. The number of methoxy groups -OCH3 is 1. The van der Waals surface area contributed by atoms with Crippen LogP contribution in [0, 0.1) is 0 Å². The third-order valence-electron chi connectivity index (χ3n) is 4.93. The molecule has 1 aliphatic rings. The fourth-order valence-corrected chi connectivity index (χ4v) is 3.54. The molecule has 0 N–H and O–H groups in total. The molecule has 1 aliphatic carbocycles. The third kappa shape index (κ3) is 3.12. The van der Waals surface area contributed by atoms with Crippen LogP contribution in [0.1, 0.15) is 42.1 Å². The molecule has 1 aromatic heterocycles. The molecular weight excluding hydrogens is 326 g/mol. The molecule has 0 spiro atoms. The minimum atomic E-state index is 0.365. The predicted molar refractivity (Wildman–Crippen MR) is 100 cm³/mol. The Balaban J connectivity index is 1.80. The molecule has 0 aliphatic heterocycles. The van der Waals surface area contributed by atoms with E-state index in [-0.39, 0.29) is 0 Å². The van der Waals surface area contributed by atoms with Gasteiger partial charge in [0, 0.05) is 16.7 Å². The molecule has 2 aromatic carbocycles. The third-order valence-corrected chi connectivity index (χ3v) is 4.93. The van der Waals surface area contributed by atoms with Gasteiger partial charge >= 0.3 is 0 Å². The maximum atomic E-state index is 11.2. The van der Waals surface area contributed by atoms with Crippen molar-refractivity contribution in [3.8, 4) is 28.5 Å². The zero-order chi connectivity index (χ0) is 17.9. The molecule has 1 heterocycles. The lowest BCUT2D eigenvalue weighted by Gasteiger charge is -2.12. The molecule has 5 nitrogen and oxygen atoms in total. The van der Waals surface area contributed by atoms with E-state index in [4.69, 9.17) is 14.8 Å². The van der Waals surface area contributed by atoms with Crippen LogP contribution in [-0.2, 0) is 0 Å². The standard InChI is InChI=1S/C21H21N3O2/c1-26-19-11-9-16(10-12-19)20-22-21(17-6-4-5-15(13-17)14-25)24(23-20)18-7-2-3-8-18/h4-6,9-14,18H,2-3,7-8H2,1H3. The van der Waals surface area contributed by atoms with E-state index < -0.39 is 0 Å². The molecule has 1 saturated carbocycles. The van der Waals surface area contributed by atoms with E-state index in [0.29, 0.717) is 17.4 Å². The number of benzene rings is 2. The summed E-state index contributed by atoms with van der Waals surface area (Å²) in [6.07, 6.45) is 5.54. The van der Waals surface area contributed by atoms with Crippen LogP contribution in [0.4, 0.5) is 0 Å². The van der Waals surface area contributed by atoms with Gasteiger partial charge in [-0.2, -0.15) is 5.10 Å². The minimum Gasteiger partial charge on any atom is -0.497 e. The lowest BCUT2D eigenvalue weighted by Crippen LogP contribution is -2.08. The molecule has 0 atom stereocenters. The predicted octanol–water partition coefficient (Wildman–Crippen LogP) is 4.55.